The van der Waals surface area contributed by atoms with Crippen LogP contribution in [0.2, 0.25) is 5.02 Å². The lowest BCUT2D eigenvalue weighted by Crippen LogP contribution is -2.42. The molecule has 0 aliphatic rings. The van der Waals surface area contributed by atoms with Gasteiger partial charge in [0.25, 0.3) is 5.91 Å². The summed E-state index contributed by atoms with van der Waals surface area (Å²) < 4.78 is 20.6. The summed E-state index contributed by atoms with van der Waals surface area (Å²) in [6.45, 7) is 0.119. The van der Waals surface area contributed by atoms with Crippen molar-refractivity contribution in [2.24, 2.45) is 0 Å². The zero-order valence-electron chi connectivity index (χ0n) is 20.5. The molecule has 0 bridgehead atoms. The van der Waals surface area contributed by atoms with Gasteiger partial charge in [-0.05, 0) is 54.1 Å². The molecule has 192 valence electrons. The highest BCUT2D eigenvalue weighted by molar-refractivity contribution is 6.33. The lowest BCUT2D eigenvalue weighted by atomic mass is 10.0. The van der Waals surface area contributed by atoms with Gasteiger partial charge in [-0.1, -0.05) is 60.1 Å². The van der Waals surface area contributed by atoms with Crippen molar-refractivity contribution in [2.75, 3.05) is 13.7 Å². The number of nitrogens with one attached hydrogen (secondary N) is 1. The van der Waals surface area contributed by atoms with Crippen LogP contribution in [0.5, 0.6) is 0 Å². The quantitative estimate of drug-likeness (QED) is 0.260. The smallest absolute Gasteiger partial charge is 0.251 e. The topological polar surface area (TPSA) is 76.4 Å². The molecule has 2 unspecified atom stereocenters. The summed E-state index contributed by atoms with van der Waals surface area (Å²) in [5.74, 6) is -0.743. The Hall–Kier alpha value is -4.04. The zero-order valence-corrected chi connectivity index (χ0v) is 21.3. The average molecular weight is 530 g/mol. The second-order valence-electron chi connectivity index (χ2n) is 8.84. The van der Waals surface area contributed by atoms with Gasteiger partial charge in [0.05, 0.1) is 28.9 Å². The average Bonchev–Trinajstić information content (AvgIpc) is 3.32. The summed E-state index contributed by atoms with van der Waals surface area (Å²) >= 11 is 6.49. The van der Waals surface area contributed by atoms with E-state index < -0.39 is 12.1 Å². The second kappa shape index (κ2) is 11.1. The fraction of sp³-hybridized carbons (Fsp3) is 0.133. The van der Waals surface area contributed by atoms with Crippen LogP contribution in [-0.2, 0) is 4.74 Å². The van der Waals surface area contributed by atoms with Gasteiger partial charge in [-0.25, -0.2) is 9.07 Å². The molecule has 2 atom stereocenters. The van der Waals surface area contributed by atoms with Gasteiger partial charge in [-0.15, -0.1) is 0 Å². The minimum atomic E-state index is -0.958. The molecule has 0 saturated carbocycles. The molecule has 5 aromatic rings. The highest BCUT2D eigenvalue weighted by Crippen LogP contribution is 2.34. The molecule has 1 aromatic heterocycles. The molecule has 6 nitrogen and oxygen atoms in total. The maximum atomic E-state index is 13.7. The first-order chi connectivity index (χ1) is 18.5. The molecule has 0 radical (unpaired) electrons. The van der Waals surface area contributed by atoms with Gasteiger partial charge in [0.2, 0.25) is 0 Å². The van der Waals surface area contributed by atoms with Gasteiger partial charge >= 0.3 is 0 Å². The lowest BCUT2D eigenvalue weighted by molar-refractivity contribution is 0.0594. The third kappa shape index (κ3) is 5.17. The third-order valence-electron chi connectivity index (χ3n) is 6.33. The third-order valence-corrected chi connectivity index (χ3v) is 6.66. The van der Waals surface area contributed by atoms with Gasteiger partial charge < -0.3 is 15.2 Å². The number of halogens is 2. The molecule has 1 amide bonds. The molecule has 0 aliphatic carbocycles. The monoisotopic (exact) mass is 529 g/mol. The largest absolute Gasteiger partial charge is 0.386 e. The highest BCUT2D eigenvalue weighted by atomic mass is 35.5. The van der Waals surface area contributed by atoms with Gasteiger partial charge in [-0.2, -0.15) is 5.10 Å². The van der Waals surface area contributed by atoms with Crippen molar-refractivity contribution >= 4 is 28.4 Å². The lowest BCUT2D eigenvalue weighted by Gasteiger charge is -2.24. The van der Waals surface area contributed by atoms with Crippen LogP contribution in [0.4, 0.5) is 4.39 Å². The van der Waals surface area contributed by atoms with Crippen LogP contribution in [0.3, 0.4) is 0 Å². The van der Waals surface area contributed by atoms with Crippen LogP contribution in [-0.4, -0.2) is 40.6 Å². The molecule has 0 spiro atoms. The SMILES string of the molecule is COCC(NC(=O)c1ccc2c(-c3ccccc3Cl)nn(-c3ccc(F)cc3)c2c1)C(O)c1ccccc1. The normalized spacial score (nSPS) is 12.8. The van der Waals surface area contributed by atoms with E-state index in [9.17, 15) is 14.3 Å². The van der Waals surface area contributed by atoms with E-state index in [0.717, 1.165) is 10.9 Å². The first-order valence-electron chi connectivity index (χ1n) is 12.0. The number of rotatable bonds is 8. The van der Waals surface area contributed by atoms with Crippen molar-refractivity contribution in [3.05, 3.63) is 119 Å². The Kier molecular flexibility index (Phi) is 7.51. The van der Waals surface area contributed by atoms with Crippen LogP contribution in [0.25, 0.3) is 27.8 Å². The number of hydrogen-bond donors (Lipinski definition) is 2. The predicted octanol–water partition coefficient (Wildman–Crippen LogP) is 5.96. The molecule has 0 fully saturated rings. The molecule has 4 aromatic carbocycles. The Morgan fingerprint density at radius 1 is 1.03 bits per heavy atom. The number of aromatic nitrogens is 2. The summed E-state index contributed by atoms with van der Waals surface area (Å²) in [5.41, 5.74) is 3.69. The van der Waals surface area contributed by atoms with Crippen molar-refractivity contribution in [3.63, 3.8) is 0 Å². The number of nitrogens with zero attached hydrogens (tertiary/aromatic N) is 2. The van der Waals surface area contributed by atoms with Crippen molar-refractivity contribution in [2.45, 2.75) is 12.1 Å². The Bertz CT molecular complexity index is 1570. The summed E-state index contributed by atoms with van der Waals surface area (Å²) in [7, 11) is 1.51. The summed E-state index contributed by atoms with van der Waals surface area (Å²) in [6.07, 6.45) is -0.958. The van der Waals surface area contributed by atoms with Gasteiger partial charge in [0.15, 0.2) is 0 Å². The number of fused-ring (bicyclic) bond motifs is 1. The van der Waals surface area contributed by atoms with Crippen LogP contribution >= 0.6 is 11.6 Å². The van der Waals surface area contributed by atoms with Crippen LogP contribution in [0, 0.1) is 5.82 Å². The van der Waals surface area contributed by atoms with Crippen LogP contribution < -0.4 is 5.32 Å². The van der Waals surface area contributed by atoms with E-state index >= 15 is 0 Å². The predicted molar refractivity (Wildman–Crippen MR) is 146 cm³/mol. The molecule has 1 heterocycles. The Morgan fingerprint density at radius 2 is 1.74 bits per heavy atom. The van der Waals surface area contributed by atoms with Crippen LogP contribution in [0.15, 0.2) is 97.1 Å². The number of carbonyl (C=O) groups is 1. The van der Waals surface area contributed by atoms with Crippen molar-refractivity contribution < 1.29 is 19.0 Å². The second-order valence-corrected chi connectivity index (χ2v) is 9.25. The van der Waals surface area contributed by atoms with E-state index in [1.54, 1.807) is 47.1 Å². The summed E-state index contributed by atoms with van der Waals surface area (Å²) in [5, 5.41) is 19.9. The van der Waals surface area contributed by atoms with Crippen molar-refractivity contribution in [1.29, 1.82) is 0 Å². The van der Waals surface area contributed by atoms with E-state index in [-0.39, 0.29) is 18.3 Å². The first-order valence-corrected chi connectivity index (χ1v) is 12.4. The molecule has 2 N–H and O–H groups in total. The standard InChI is InChI=1S/C30H25ClFN3O3/c1-38-18-26(29(36)19-7-3-2-4-8-19)33-30(37)20-11-16-24-27(17-20)35(22-14-12-21(32)13-15-22)34-28(24)23-9-5-6-10-25(23)31/h2-17,26,29,36H,18H2,1H3,(H,33,37). The minimum Gasteiger partial charge on any atom is -0.386 e. The summed E-state index contributed by atoms with van der Waals surface area (Å²) in [6, 6.07) is 27.0. The molecule has 5 rings (SSSR count). The molecular weight excluding hydrogens is 505 g/mol. The number of carbonyl (C=O) groups excluding carboxylic acids is 1. The molecule has 0 saturated heterocycles. The van der Waals surface area contributed by atoms with E-state index in [1.165, 1.54) is 19.2 Å². The molecule has 8 heteroatoms. The van der Waals surface area contributed by atoms with E-state index in [0.29, 0.717) is 33.0 Å². The Balaban J connectivity index is 1.55. The molecule has 0 aliphatic heterocycles. The van der Waals surface area contributed by atoms with Gasteiger partial charge in [0.1, 0.15) is 17.6 Å². The minimum absolute atomic E-state index is 0.119. The highest BCUT2D eigenvalue weighted by Gasteiger charge is 2.24. The van der Waals surface area contributed by atoms with E-state index in [2.05, 4.69) is 5.32 Å². The number of ether oxygens (including phenoxy) is 1. The van der Waals surface area contributed by atoms with Crippen molar-refractivity contribution in [3.8, 4) is 16.9 Å². The zero-order chi connectivity index (χ0) is 26.6. The fourth-order valence-electron chi connectivity index (χ4n) is 4.41. The first kappa shape index (κ1) is 25.6. The maximum Gasteiger partial charge on any atom is 0.251 e. The number of aliphatic hydroxyl groups excluding tert-OH is 1. The molecular formula is C30H25ClFN3O3. The number of amides is 1. The Morgan fingerprint density at radius 3 is 2.45 bits per heavy atom. The van der Waals surface area contributed by atoms with E-state index in [1.807, 2.05) is 42.5 Å². The van der Waals surface area contributed by atoms with E-state index in [4.69, 9.17) is 21.4 Å². The number of hydrogen-bond acceptors (Lipinski definition) is 4. The van der Waals surface area contributed by atoms with Crippen LogP contribution in [0.1, 0.15) is 22.0 Å². The van der Waals surface area contributed by atoms with Crippen molar-refractivity contribution in [1.82, 2.24) is 15.1 Å². The van der Waals surface area contributed by atoms with Gasteiger partial charge in [-0.3, -0.25) is 4.79 Å². The summed E-state index contributed by atoms with van der Waals surface area (Å²) in [4.78, 5) is 13.4. The Labute approximate surface area is 224 Å². The maximum absolute atomic E-state index is 13.7. The molecule has 38 heavy (non-hydrogen) atoms. The number of benzene rings is 4. The fourth-order valence-corrected chi connectivity index (χ4v) is 4.64. The number of aliphatic hydroxyl groups is 1. The van der Waals surface area contributed by atoms with Gasteiger partial charge in [0, 0.05) is 23.6 Å². The number of methoxy groups -OCH3 is 1.